The van der Waals surface area contributed by atoms with Gasteiger partial charge in [0, 0.05) is 12.2 Å². The Balaban J connectivity index is 2.66. The number of nitrogens with one attached hydrogen (secondary N) is 2. The van der Waals surface area contributed by atoms with Crippen LogP contribution in [-0.2, 0) is 11.0 Å². The van der Waals surface area contributed by atoms with Crippen LogP contribution < -0.4 is 10.6 Å². The number of anilines is 1. The van der Waals surface area contributed by atoms with Gasteiger partial charge in [-0.15, -0.1) is 0 Å². The van der Waals surface area contributed by atoms with Crippen LogP contribution in [0.3, 0.4) is 0 Å². The van der Waals surface area contributed by atoms with E-state index in [1.165, 1.54) is 12.1 Å². The molecule has 0 saturated heterocycles. The van der Waals surface area contributed by atoms with Crippen LogP contribution in [0.25, 0.3) is 0 Å². The van der Waals surface area contributed by atoms with Crippen LogP contribution in [0.1, 0.15) is 26.3 Å². The van der Waals surface area contributed by atoms with Gasteiger partial charge in [0.2, 0.25) is 5.91 Å². The highest BCUT2D eigenvalue weighted by atomic mass is 19.4. The molecule has 0 saturated carbocycles. The van der Waals surface area contributed by atoms with E-state index in [4.69, 9.17) is 0 Å². The molecular weight excluding hydrogens is 269 g/mol. The van der Waals surface area contributed by atoms with E-state index >= 15 is 0 Å². The largest absolute Gasteiger partial charge is 0.416 e. The standard InChI is InChI=1S/C14H19F3N2O/c1-9(2)8-18-13(20)10(3)19-12-6-4-5-11(7-12)14(15,16)17/h4-7,9-10,19H,8H2,1-3H3,(H,18,20). The maximum Gasteiger partial charge on any atom is 0.416 e. The fraction of sp³-hybridized carbons (Fsp3) is 0.500. The molecule has 0 spiro atoms. The number of alkyl halides is 3. The zero-order chi connectivity index (χ0) is 15.3. The Morgan fingerprint density at radius 2 is 1.90 bits per heavy atom. The van der Waals surface area contributed by atoms with Gasteiger partial charge in [0.1, 0.15) is 6.04 Å². The predicted molar refractivity (Wildman–Crippen MR) is 72.4 cm³/mol. The van der Waals surface area contributed by atoms with Crippen molar-refractivity contribution in [2.24, 2.45) is 5.92 Å². The smallest absolute Gasteiger partial charge is 0.374 e. The fourth-order valence-corrected chi connectivity index (χ4v) is 1.56. The minimum absolute atomic E-state index is 0.240. The molecule has 1 atom stereocenters. The number of halogens is 3. The molecule has 1 unspecified atom stereocenters. The van der Waals surface area contributed by atoms with E-state index in [0.29, 0.717) is 12.5 Å². The zero-order valence-corrected chi connectivity index (χ0v) is 11.7. The summed E-state index contributed by atoms with van der Waals surface area (Å²) in [5, 5.41) is 5.49. The van der Waals surface area contributed by atoms with Crippen molar-refractivity contribution < 1.29 is 18.0 Å². The minimum Gasteiger partial charge on any atom is -0.374 e. The third kappa shape index (κ3) is 5.11. The van der Waals surface area contributed by atoms with Crippen molar-refractivity contribution in [3.8, 4) is 0 Å². The number of carbonyl (C=O) groups is 1. The van der Waals surface area contributed by atoms with E-state index in [2.05, 4.69) is 10.6 Å². The molecule has 1 amide bonds. The molecule has 1 rings (SSSR count). The van der Waals surface area contributed by atoms with Gasteiger partial charge in [-0.1, -0.05) is 19.9 Å². The molecule has 0 aromatic heterocycles. The molecular formula is C14H19F3N2O. The average molecular weight is 288 g/mol. The van der Waals surface area contributed by atoms with E-state index in [0.717, 1.165) is 12.1 Å². The Morgan fingerprint density at radius 1 is 1.25 bits per heavy atom. The Labute approximate surface area is 116 Å². The van der Waals surface area contributed by atoms with Gasteiger partial charge in [0.15, 0.2) is 0 Å². The van der Waals surface area contributed by atoms with Crippen molar-refractivity contribution in [3.63, 3.8) is 0 Å². The SMILES string of the molecule is CC(C)CNC(=O)C(C)Nc1cccc(C(F)(F)F)c1. The summed E-state index contributed by atoms with van der Waals surface area (Å²) in [6, 6.07) is 4.20. The normalized spacial score (nSPS) is 13.2. The lowest BCUT2D eigenvalue weighted by atomic mass is 10.1. The maximum atomic E-state index is 12.6. The first-order valence-corrected chi connectivity index (χ1v) is 6.41. The molecule has 20 heavy (non-hydrogen) atoms. The molecule has 0 radical (unpaired) electrons. The topological polar surface area (TPSA) is 41.1 Å². The summed E-state index contributed by atoms with van der Waals surface area (Å²) < 4.78 is 37.7. The van der Waals surface area contributed by atoms with Gasteiger partial charge in [-0.05, 0) is 31.0 Å². The summed E-state index contributed by atoms with van der Waals surface area (Å²) in [6.07, 6.45) is -4.39. The van der Waals surface area contributed by atoms with E-state index < -0.39 is 17.8 Å². The summed E-state index contributed by atoms with van der Waals surface area (Å²) >= 11 is 0. The van der Waals surface area contributed by atoms with E-state index in [-0.39, 0.29) is 11.6 Å². The highest BCUT2D eigenvalue weighted by Crippen LogP contribution is 2.30. The highest BCUT2D eigenvalue weighted by Gasteiger charge is 2.30. The second-order valence-corrected chi connectivity index (χ2v) is 5.08. The first-order valence-electron chi connectivity index (χ1n) is 6.41. The van der Waals surface area contributed by atoms with Crippen LogP contribution in [0, 0.1) is 5.92 Å². The van der Waals surface area contributed by atoms with Gasteiger partial charge in [-0.25, -0.2) is 0 Å². The molecule has 0 aliphatic carbocycles. The summed E-state index contributed by atoms with van der Waals surface area (Å²) in [6.45, 7) is 6.07. The fourth-order valence-electron chi connectivity index (χ4n) is 1.56. The molecule has 6 heteroatoms. The third-order valence-electron chi connectivity index (χ3n) is 2.65. The van der Waals surface area contributed by atoms with Crippen LogP contribution in [0.15, 0.2) is 24.3 Å². The molecule has 0 bridgehead atoms. The van der Waals surface area contributed by atoms with Crippen molar-refractivity contribution >= 4 is 11.6 Å². The molecule has 0 fully saturated rings. The first kappa shape index (κ1) is 16.3. The van der Waals surface area contributed by atoms with Crippen molar-refractivity contribution in [3.05, 3.63) is 29.8 Å². The number of rotatable bonds is 5. The maximum absolute atomic E-state index is 12.6. The van der Waals surface area contributed by atoms with E-state index in [1.807, 2.05) is 13.8 Å². The third-order valence-corrected chi connectivity index (χ3v) is 2.65. The quantitative estimate of drug-likeness (QED) is 0.873. The van der Waals surface area contributed by atoms with Gasteiger partial charge in [-0.2, -0.15) is 13.2 Å². The van der Waals surface area contributed by atoms with Gasteiger partial charge < -0.3 is 10.6 Å². The van der Waals surface area contributed by atoms with Gasteiger partial charge >= 0.3 is 6.18 Å². The highest BCUT2D eigenvalue weighted by molar-refractivity contribution is 5.84. The number of amides is 1. The summed E-state index contributed by atoms with van der Waals surface area (Å²) in [5.41, 5.74) is -0.468. The molecule has 0 heterocycles. The van der Waals surface area contributed by atoms with Crippen LogP contribution >= 0.6 is 0 Å². The lowest BCUT2D eigenvalue weighted by Gasteiger charge is -2.17. The van der Waals surface area contributed by atoms with Crippen LogP contribution in [0.5, 0.6) is 0 Å². The number of hydrogen-bond acceptors (Lipinski definition) is 2. The number of benzene rings is 1. The van der Waals surface area contributed by atoms with Gasteiger partial charge in [0.05, 0.1) is 5.56 Å². The molecule has 2 N–H and O–H groups in total. The molecule has 3 nitrogen and oxygen atoms in total. The Hall–Kier alpha value is -1.72. The lowest BCUT2D eigenvalue weighted by molar-refractivity contribution is -0.137. The van der Waals surface area contributed by atoms with Gasteiger partial charge in [0.25, 0.3) is 0 Å². The monoisotopic (exact) mass is 288 g/mol. The molecule has 1 aromatic rings. The Morgan fingerprint density at radius 3 is 2.45 bits per heavy atom. The minimum atomic E-state index is -4.39. The van der Waals surface area contributed by atoms with E-state index in [9.17, 15) is 18.0 Å². The summed E-state index contributed by atoms with van der Waals surface area (Å²) in [4.78, 5) is 11.7. The molecule has 1 aromatic carbocycles. The van der Waals surface area contributed by atoms with Crippen molar-refractivity contribution in [1.29, 1.82) is 0 Å². The van der Waals surface area contributed by atoms with E-state index in [1.54, 1.807) is 6.92 Å². The second-order valence-electron chi connectivity index (χ2n) is 5.08. The summed E-state index contributed by atoms with van der Waals surface area (Å²) in [7, 11) is 0. The average Bonchev–Trinajstić information content (AvgIpc) is 2.35. The molecule has 0 aliphatic rings. The number of carbonyl (C=O) groups excluding carboxylic acids is 1. The molecule has 112 valence electrons. The van der Waals surface area contributed by atoms with Crippen LogP contribution in [0.2, 0.25) is 0 Å². The van der Waals surface area contributed by atoms with Crippen molar-refractivity contribution in [1.82, 2.24) is 5.32 Å². The Kier molecular flexibility index (Phi) is 5.42. The lowest BCUT2D eigenvalue weighted by Crippen LogP contribution is -2.39. The summed E-state index contributed by atoms with van der Waals surface area (Å²) in [5.74, 6) is 0.0795. The number of hydrogen-bond donors (Lipinski definition) is 2. The second kappa shape index (κ2) is 6.63. The first-order chi connectivity index (χ1) is 9.20. The van der Waals surface area contributed by atoms with Crippen LogP contribution in [-0.4, -0.2) is 18.5 Å². The predicted octanol–water partition coefficient (Wildman–Crippen LogP) is 3.28. The zero-order valence-electron chi connectivity index (χ0n) is 11.7. The van der Waals surface area contributed by atoms with Crippen molar-refractivity contribution in [2.45, 2.75) is 33.0 Å². The Bertz CT molecular complexity index is 458. The molecule has 0 aliphatic heterocycles. The van der Waals surface area contributed by atoms with Gasteiger partial charge in [-0.3, -0.25) is 4.79 Å². The van der Waals surface area contributed by atoms with Crippen LogP contribution in [0.4, 0.5) is 18.9 Å². The van der Waals surface area contributed by atoms with Crippen molar-refractivity contribution in [2.75, 3.05) is 11.9 Å².